The number of benzene rings is 2. The molecule has 0 saturated heterocycles. The Morgan fingerprint density at radius 3 is 2.74 bits per heavy atom. The van der Waals surface area contributed by atoms with Crippen LogP contribution < -0.4 is 14.8 Å². The van der Waals surface area contributed by atoms with E-state index in [1.54, 1.807) is 35.1 Å². The Kier molecular flexibility index (Phi) is 8.26. The van der Waals surface area contributed by atoms with Crippen LogP contribution in [-0.2, 0) is 11.3 Å². The minimum absolute atomic E-state index is 0.113. The summed E-state index contributed by atoms with van der Waals surface area (Å²) in [6.07, 6.45) is 5.08. The summed E-state index contributed by atoms with van der Waals surface area (Å²) in [5, 5.41) is 7.68. The first kappa shape index (κ1) is 24.6. The minimum atomic E-state index is -0.349. The number of carbonyl (C=O) groups excluding carboxylic acids is 2. The standard InChI is InChI=1S/C26H29ClN4O4/c1-2-13-31-15-12-20(29-31)26(33)30-14-6-3-7-16-34-23-8-4-5-9-24(23)35-22-11-10-19(27)17-21(22)28-25(32)18-30/h4-5,8-12,15,17H,2-3,6-7,13-14,16,18H2,1H3,(H,28,32). The molecule has 35 heavy (non-hydrogen) atoms. The van der Waals surface area contributed by atoms with E-state index in [0.29, 0.717) is 46.8 Å². The van der Waals surface area contributed by atoms with E-state index in [2.05, 4.69) is 10.4 Å². The zero-order valence-electron chi connectivity index (χ0n) is 19.7. The smallest absolute Gasteiger partial charge is 0.274 e. The number of ether oxygens (including phenoxy) is 2. The van der Waals surface area contributed by atoms with E-state index in [-0.39, 0.29) is 18.4 Å². The molecule has 4 rings (SSSR count). The fourth-order valence-corrected chi connectivity index (χ4v) is 4.00. The molecule has 3 aromatic rings. The molecule has 0 saturated carbocycles. The summed E-state index contributed by atoms with van der Waals surface area (Å²) < 4.78 is 13.8. The summed E-state index contributed by atoms with van der Waals surface area (Å²) in [5.74, 6) is 0.960. The van der Waals surface area contributed by atoms with Gasteiger partial charge in [0.05, 0.1) is 12.3 Å². The Labute approximate surface area is 209 Å². The lowest BCUT2D eigenvalue weighted by atomic mass is 10.2. The maximum atomic E-state index is 13.2. The van der Waals surface area contributed by atoms with E-state index in [1.165, 1.54) is 4.90 Å². The zero-order chi connectivity index (χ0) is 24.6. The van der Waals surface area contributed by atoms with Crippen LogP contribution in [0.1, 0.15) is 43.1 Å². The van der Waals surface area contributed by atoms with Gasteiger partial charge < -0.3 is 19.7 Å². The number of amides is 2. The fourth-order valence-electron chi connectivity index (χ4n) is 3.83. The molecule has 0 bridgehead atoms. The average Bonchev–Trinajstić information content (AvgIpc) is 3.31. The van der Waals surface area contributed by atoms with E-state index < -0.39 is 0 Å². The molecular weight excluding hydrogens is 468 g/mol. The third-order valence-electron chi connectivity index (χ3n) is 5.55. The third kappa shape index (κ3) is 6.54. The van der Waals surface area contributed by atoms with Gasteiger partial charge >= 0.3 is 0 Å². The Bertz CT molecular complexity index is 1180. The van der Waals surface area contributed by atoms with Crippen LogP contribution in [0.4, 0.5) is 5.69 Å². The maximum Gasteiger partial charge on any atom is 0.274 e. The van der Waals surface area contributed by atoms with Gasteiger partial charge in [0.1, 0.15) is 12.2 Å². The first-order chi connectivity index (χ1) is 17.0. The lowest BCUT2D eigenvalue weighted by Crippen LogP contribution is -2.39. The van der Waals surface area contributed by atoms with Gasteiger partial charge in [-0.05, 0) is 62.1 Å². The van der Waals surface area contributed by atoms with Gasteiger partial charge in [0, 0.05) is 24.3 Å². The van der Waals surface area contributed by atoms with Gasteiger partial charge in [0.15, 0.2) is 17.2 Å². The molecule has 1 aliphatic rings. The Hall–Kier alpha value is -3.52. The van der Waals surface area contributed by atoms with Crippen LogP contribution in [0.15, 0.2) is 54.7 Å². The highest BCUT2D eigenvalue weighted by atomic mass is 35.5. The van der Waals surface area contributed by atoms with Crippen LogP contribution in [0.25, 0.3) is 0 Å². The molecule has 2 aromatic carbocycles. The quantitative estimate of drug-likeness (QED) is 0.526. The lowest BCUT2D eigenvalue weighted by molar-refractivity contribution is -0.116. The van der Waals surface area contributed by atoms with Crippen LogP contribution in [0, 0.1) is 0 Å². The third-order valence-corrected chi connectivity index (χ3v) is 5.78. The normalized spacial score (nSPS) is 14.9. The van der Waals surface area contributed by atoms with Crippen LogP contribution in [0.3, 0.4) is 0 Å². The molecule has 0 atom stereocenters. The SMILES string of the molecule is CCCn1ccc(C(=O)N2CCCCCOc3ccccc3Oc3ccc(Cl)cc3NC(=O)C2)n1. The van der Waals surface area contributed by atoms with Gasteiger partial charge in [-0.2, -0.15) is 5.10 Å². The van der Waals surface area contributed by atoms with Gasteiger partial charge in [-0.15, -0.1) is 0 Å². The summed E-state index contributed by atoms with van der Waals surface area (Å²) in [4.78, 5) is 27.8. The average molecular weight is 497 g/mol. The van der Waals surface area contributed by atoms with Crippen LogP contribution in [0.2, 0.25) is 5.02 Å². The van der Waals surface area contributed by atoms with E-state index >= 15 is 0 Å². The van der Waals surface area contributed by atoms with E-state index in [0.717, 1.165) is 32.2 Å². The van der Waals surface area contributed by atoms with Crippen molar-refractivity contribution in [3.63, 3.8) is 0 Å². The molecule has 2 heterocycles. The number of nitrogens with one attached hydrogen (secondary N) is 1. The molecule has 1 aliphatic heterocycles. The molecule has 2 amide bonds. The van der Waals surface area contributed by atoms with Crippen molar-refractivity contribution in [3.8, 4) is 17.2 Å². The summed E-state index contributed by atoms with van der Waals surface area (Å²) in [6, 6.07) is 14.1. The Morgan fingerprint density at radius 1 is 1.09 bits per heavy atom. The molecular formula is C26H29ClN4O4. The van der Waals surface area contributed by atoms with E-state index in [4.69, 9.17) is 21.1 Å². The number of rotatable bonds is 3. The number of carbonyl (C=O) groups is 2. The topological polar surface area (TPSA) is 85.7 Å². The van der Waals surface area contributed by atoms with Crippen molar-refractivity contribution in [1.82, 2.24) is 14.7 Å². The van der Waals surface area contributed by atoms with E-state index in [1.807, 2.05) is 31.2 Å². The highest BCUT2D eigenvalue weighted by Crippen LogP contribution is 2.36. The molecule has 8 nitrogen and oxygen atoms in total. The van der Waals surface area contributed by atoms with E-state index in [9.17, 15) is 9.59 Å². The van der Waals surface area contributed by atoms with Crippen LogP contribution in [-0.4, -0.2) is 46.2 Å². The largest absolute Gasteiger partial charge is 0.490 e. The predicted molar refractivity (Wildman–Crippen MR) is 134 cm³/mol. The van der Waals surface area contributed by atoms with Gasteiger partial charge in [-0.25, -0.2) is 0 Å². The number of aromatic nitrogens is 2. The van der Waals surface area contributed by atoms with Crippen LogP contribution in [0.5, 0.6) is 17.2 Å². The van der Waals surface area contributed by atoms with Gasteiger partial charge in [0.2, 0.25) is 5.91 Å². The number of aryl methyl sites for hydroxylation is 1. The predicted octanol–water partition coefficient (Wildman–Crippen LogP) is 5.38. The molecule has 0 unspecified atom stereocenters. The molecule has 0 aliphatic carbocycles. The lowest BCUT2D eigenvalue weighted by Gasteiger charge is -2.22. The first-order valence-corrected chi connectivity index (χ1v) is 12.2. The van der Waals surface area contributed by atoms with Crippen molar-refractivity contribution < 1.29 is 19.1 Å². The zero-order valence-corrected chi connectivity index (χ0v) is 20.5. The first-order valence-electron chi connectivity index (χ1n) is 11.9. The molecule has 0 spiro atoms. The van der Waals surface area contributed by atoms with Crippen molar-refractivity contribution in [2.75, 3.05) is 25.0 Å². The number of para-hydroxylation sites is 2. The molecule has 9 heteroatoms. The summed E-state index contributed by atoms with van der Waals surface area (Å²) in [7, 11) is 0. The van der Waals surface area contributed by atoms with Crippen LogP contribution >= 0.6 is 11.6 Å². The molecule has 1 aromatic heterocycles. The second-order valence-corrected chi connectivity index (χ2v) is 8.77. The maximum absolute atomic E-state index is 13.2. The highest BCUT2D eigenvalue weighted by molar-refractivity contribution is 6.31. The number of halogens is 1. The van der Waals surface area contributed by atoms with Gasteiger partial charge in [-0.1, -0.05) is 30.7 Å². The monoisotopic (exact) mass is 496 g/mol. The molecule has 0 fully saturated rings. The van der Waals surface area contributed by atoms with Gasteiger partial charge in [0.25, 0.3) is 5.91 Å². The summed E-state index contributed by atoms with van der Waals surface area (Å²) >= 11 is 6.20. The number of anilines is 1. The highest BCUT2D eigenvalue weighted by Gasteiger charge is 2.22. The van der Waals surface area contributed by atoms with Gasteiger partial charge in [-0.3, -0.25) is 14.3 Å². The summed E-state index contributed by atoms with van der Waals surface area (Å²) in [6.45, 7) is 3.61. The Balaban J connectivity index is 1.58. The van der Waals surface area contributed by atoms with Crippen molar-refractivity contribution in [3.05, 3.63) is 65.4 Å². The Morgan fingerprint density at radius 2 is 1.91 bits per heavy atom. The second kappa shape index (κ2) is 11.8. The van der Waals surface area contributed by atoms with Crippen molar-refractivity contribution >= 4 is 29.1 Å². The molecule has 1 N–H and O–H groups in total. The number of hydrogen-bond acceptors (Lipinski definition) is 5. The fraction of sp³-hybridized carbons (Fsp3) is 0.346. The summed E-state index contributed by atoms with van der Waals surface area (Å²) in [5.41, 5.74) is 0.738. The number of hydrogen-bond donors (Lipinski definition) is 1. The second-order valence-electron chi connectivity index (χ2n) is 8.34. The molecule has 0 radical (unpaired) electrons. The molecule has 184 valence electrons. The van der Waals surface area contributed by atoms with Crippen molar-refractivity contribution in [2.45, 2.75) is 39.2 Å². The van der Waals surface area contributed by atoms with Crippen molar-refractivity contribution in [1.29, 1.82) is 0 Å². The number of nitrogens with zero attached hydrogens (tertiary/aromatic N) is 3. The number of fused-ring (bicyclic) bond motifs is 2. The van der Waals surface area contributed by atoms with Crippen molar-refractivity contribution in [2.24, 2.45) is 0 Å². The minimum Gasteiger partial charge on any atom is -0.490 e.